The van der Waals surface area contributed by atoms with Crippen molar-refractivity contribution in [2.75, 3.05) is 23.7 Å². The zero-order chi connectivity index (χ0) is 25.5. The average Bonchev–Trinajstić information content (AvgIpc) is 2.78. The Bertz CT molecular complexity index is 1120. The second-order valence-corrected chi connectivity index (χ2v) is 10.6. The molecule has 9 heteroatoms. The first-order valence-corrected chi connectivity index (χ1v) is 13.6. The predicted molar refractivity (Wildman–Crippen MR) is 137 cm³/mol. The van der Waals surface area contributed by atoms with Gasteiger partial charge in [-0.25, -0.2) is 8.42 Å². The highest BCUT2D eigenvalue weighted by atomic mass is 35.5. The van der Waals surface area contributed by atoms with E-state index in [2.05, 4.69) is 5.32 Å². The summed E-state index contributed by atoms with van der Waals surface area (Å²) in [6.07, 6.45) is 2.20. The van der Waals surface area contributed by atoms with Crippen LogP contribution in [0.2, 0.25) is 5.02 Å². The summed E-state index contributed by atoms with van der Waals surface area (Å²) in [6, 6.07) is 11.7. The van der Waals surface area contributed by atoms with Crippen molar-refractivity contribution in [3.05, 3.63) is 64.2 Å². The summed E-state index contributed by atoms with van der Waals surface area (Å²) in [7, 11) is -3.77. The van der Waals surface area contributed by atoms with E-state index < -0.39 is 28.5 Å². The number of sulfonamides is 1. The molecule has 34 heavy (non-hydrogen) atoms. The zero-order valence-corrected chi connectivity index (χ0v) is 22.0. The van der Waals surface area contributed by atoms with Crippen LogP contribution in [0.3, 0.4) is 0 Å². The van der Waals surface area contributed by atoms with Gasteiger partial charge < -0.3 is 10.2 Å². The molecule has 0 fully saturated rings. The lowest BCUT2D eigenvalue weighted by molar-refractivity contribution is -0.140. The highest BCUT2D eigenvalue weighted by molar-refractivity contribution is 7.92. The number of halogens is 1. The summed E-state index contributed by atoms with van der Waals surface area (Å²) in [4.78, 5) is 28.0. The number of nitrogens with one attached hydrogen (secondary N) is 1. The quantitative estimate of drug-likeness (QED) is 0.497. The first kappa shape index (κ1) is 27.7. The van der Waals surface area contributed by atoms with Gasteiger partial charge >= 0.3 is 0 Å². The minimum atomic E-state index is -3.77. The maximum atomic E-state index is 13.7. The fourth-order valence-electron chi connectivity index (χ4n) is 3.70. The Morgan fingerprint density at radius 3 is 2.32 bits per heavy atom. The van der Waals surface area contributed by atoms with Crippen LogP contribution in [0.25, 0.3) is 0 Å². The van der Waals surface area contributed by atoms with Gasteiger partial charge in [0.25, 0.3) is 0 Å². The van der Waals surface area contributed by atoms with Crippen molar-refractivity contribution in [3.8, 4) is 0 Å². The Labute approximate surface area is 208 Å². The van der Waals surface area contributed by atoms with Crippen LogP contribution in [0.5, 0.6) is 0 Å². The van der Waals surface area contributed by atoms with Crippen molar-refractivity contribution < 1.29 is 18.0 Å². The van der Waals surface area contributed by atoms with E-state index in [1.165, 1.54) is 4.90 Å². The number of aryl methyl sites for hydroxylation is 1. The predicted octanol–water partition coefficient (Wildman–Crippen LogP) is 4.06. The summed E-state index contributed by atoms with van der Waals surface area (Å²) in [6.45, 7) is 7.62. The maximum Gasteiger partial charge on any atom is 0.244 e. The molecule has 2 aromatic carbocycles. The summed E-state index contributed by atoms with van der Waals surface area (Å²) in [5, 5.41) is 3.32. The monoisotopic (exact) mass is 507 g/mol. The lowest BCUT2D eigenvalue weighted by Gasteiger charge is -2.33. The Morgan fingerprint density at radius 2 is 1.74 bits per heavy atom. The van der Waals surface area contributed by atoms with Crippen LogP contribution >= 0.6 is 11.6 Å². The lowest BCUT2D eigenvalue weighted by atomic mass is 10.1. The number of amides is 2. The molecule has 0 aliphatic rings. The van der Waals surface area contributed by atoms with Crippen LogP contribution in [0, 0.1) is 13.8 Å². The SMILES string of the molecule is CCCNC(=O)[C@@H](CC)N(Cc1ccccc1Cl)C(=O)CN(c1cccc(C)c1C)S(C)(=O)=O. The molecule has 0 spiro atoms. The molecule has 2 aromatic rings. The van der Waals surface area contributed by atoms with E-state index in [-0.39, 0.29) is 12.5 Å². The van der Waals surface area contributed by atoms with Gasteiger partial charge in [0.05, 0.1) is 11.9 Å². The molecule has 0 unspecified atom stereocenters. The second kappa shape index (κ2) is 12.2. The van der Waals surface area contributed by atoms with Crippen LogP contribution in [0.1, 0.15) is 43.4 Å². The fourth-order valence-corrected chi connectivity index (χ4v) is 4.79. The van der Waals surface area contributed by atoms with E-state index in [1.807, 2.05) is 33.8 Å². The topological polar surface area (TPSA) is 86.8 Å². The van der Waals surface area contributed by atoms with Gasteiger partial charge in [-0.1, -0.05) is 55.8 Å². The van der Waals surface area contributed by atoms with Crippen molar-refractivity contribution in [3.63, 3.8) is 0 Å². The molecular weight excluding hydrogens is 474 g/mol. The number of hydrogen-bond acceptors (Lipinski definition) is 4. The van der Waals surface area contributed by atoms with Crippen LogP contribution in [0.15, 0.2) is 42.5 Å². The van der Waals surface area contributed by atoms with Crippen molar-refractivity contribution in [2.45, 2.75) is 53.1 Å². The standard InChI is InChI=1S/C25H34ClN3O4S/c1-6-15-27-25(31)22(7-2)28(16-20-12-8-9-13-21(20)26)24(30)17-29(34(5,32)33)23-14-10-11-18(3)19(23)4/h8-14,22H,6-7,15-17H2,1-5H3,(H,27,31)/t22-/m1/s1. The third kappa shape index (κ3) is 6.96. The molecule has 1 atom stereocenters. The van der Waals surface area contributed by atoms with Crippen molar-refractivity contribution in [2.24, 2.45) is 0 Å². The molecule has 0 aliphatic carbocycles. The third-order valence-corrected chi connectivity index (χ3v) is 7.25. The van der Waals surface area contributed by atoms with Gasteiger partial charge in [0.15, 0.2) is 0 Å². The van der Waals surface area contributed by atoms with E-state index in [4.69, 9.17) is 11.6 Å². The number of carbonyl (C=O) groups excluding carboxylic acids is 2. The molecule has 0 bridgehead atoms. The van der Waals surface area contributed by atoms with Gasteiger partial charge in [-0.15, -0.1) is 0 Å². The summed E-state index contributed by atoms with van der Waals surface area (Å²) in [5.41, 5.74) is 2.80. The average molecular weight is 508 g/mol. The first-order chi connectivity index (χ1) is 16.0. The highest BCUT2D eigenvalue weighted by Crippen LogP contribution is 2.26. The van der Waals surface area contributed by atoms with Crippen molar-refractivity contribution >= 4 is 39.1 Å². The van der Waals surface area contributed by atoms with Gasteiger partial charge in [-0.2, -0.15) is 0 Å². The van der Waals surface area contributed by atoms with E-state index in [1.54, 1.807) is 36.4 Å². The summed E-state index contributed by atoms with van der Waals surface area (Å²) < 4.78 is 26.6. The van der Waals surface area contributed by atoms with Gasteiger partial charge in [0.1, 0.15) is 12.6 Å². The molecule has 0 saturated heterocycles. The minimum Gasteiger partial charge on any atom is -0.354 e. The Hall–Kier alpha value is -2.58. The smallest absolute Gasteiger partial charge is 0.244 e. The molecule has 1 N–H and O–H groups in total. The minimum absolute atomic E-state index is 0.0843. The molecule has 2 rings (SSSR count). The van der Waals surface area contributed by atoms with Crippen LogP contribution < -0.4 is 9.62 Å². The largest absolute Gasteiger partial charge is 0.354 e. The van der Waals surface area contributed by atoms with Crippen LogP contribution in [0.4, 0.5) is 5.69 Å². The number of benzene rings is 2. The number of nitrogens with zero attached hydrogens (tertiary/aromatic N) is 2. The summed E-state index contributed by atoms with van der Waals surface area (Å²) >= 11 is 6.35. The van der Waals surface area contributed by atoms with E-state index >= 15 is 0 Å². The molecule has 0 aromatic heterocycles. The molecule has 0 saturated carbocycles. The van der Waals surface area contributed by atoms with E-state index in [0.717, 1.165) is 28.1 Å². The van der Waals surface area contributed by atoms with Crippen LogP contribution in [-0.4, -0.2) is 50.5 Å². The molecule has 7 nitrogen and oxygen atoms in total. The number of rotatable bonds is 11. The molecule has 0 radical (unpaired) electrons. The maximum absolute atomic E-state index is 13.7. The van der Waals surface area contributed by atoms with E-state index in [9.17, 15) is 18.0 Å². The van der Waals surface area contributed by atoms with Crippen molar-refractivity contribution in [1.82, 2.24) is 10.2 Å². The molecule has 0 aliphatic heterocycles. The molecular formula is C25H34ClN3O4S. The number of anilines is 1. The Morgan fingerprint density at radius 1 is 1.06 bits per heavy atom. The van der Waals surface area contributed by atoms with Gasteiger partial charge in [0, 0.05) is 18.1 Å². The summed E-state index contributed by atoms with van der Waals surface area (Å²) in [5.74, 6) is -0.757. The second-order valence-electron chi connectivity index (χ2n) is 8.32. The number of hydrogen-bond donors (Lipinski definition) is 1. The van der Waals surface area contributed by atoms with Gasteiger partial charge in [0.2, 0.25) is 21.8 Å². The lowest BCUT2D eigenvalue weighted by Crippen LogP contribution is -2.52. The zero-order valence-electron chi connectivity index (χ0n) is 20.5. The van der Waals surface area contributed by atoms with Gasteiger partial charge in [-0.3, -0.25) is 13.9 Å². The molecule has 0 heterocycles. The normalized spacial score (nSPS) is 12.2. The molecule has 2 amide bonds. The third-order valence-electron chi connectivity index (χ3n) is 5.76. The number of carbonyl (C=O) groups is 2. The fraction of sp³-hybridized carbons (Fsp3) is 0.440. The molecule has 186 valence electrons. The Kier molecular flexibility index (Phi) is 9.94. The first-order valence-electron chi connectivity index (χ1n) is 11.4. The Balaban J connectivity index is 2.48. The van der Waals surface area contributed by atoms with Crippen LogP contribution in [-0.2, 0) is 26.2 Å². The van der Waals surface area contributed by atoms with Crippen molar-refractivity contribution in [1.29, 1.82) is 0 Å². The van der Waals surface area contributed by atoms with E-state index in [0.29, 0.717) is 29.2 Å². The van der Waals surface area contributed by atoms with Gasteiger partial charge in [-0.05, 0) is 55.5 Å². The highest BCUT2D eigenvalue weighted by Gasteiger charge is 2.32.